The van der Waals surface area contributed by atoms with Crippen molar-refractivity contribution >= 4 is 11.0 Å². The highest BCUT2D eigenvalue weighted by Gasteiger charge is 2.20. The molecule has 3 aromatic carbocycles. The number of hydrogen-bond acceptors (Lipinski definition) is 4. The lowest BCUT2D eigenvalue weighted by atomic mass is 9.93. The maximum absolute atomic E-state index is 10.7. The molecule has 0 amide bonds. The second-order valence-electron chi connectivity index (χ2n) is 9.88. The molecule has 0 aliphatic rings. The second kappa shape index (κ2) is 9.94. The summed E-state index contributed by atoms with van der Waals surface area (Å²) in [4.78, 5) is 14.2. The summed E-state index contributed by atoms with van der Waals surface area (Å²) < 4.78 is 2.07. The third kappa shape index (κ3) is 4.43. The van der Waals surface area contributed by atoms with E-state index >= 15 is 0 Å². The molecule has 0 saturated heterocycles. The van der Waals surface area contributed by atoms with E-state index in [4.69, 9.17) is 4.98 Å². The molecule has 0 aliphatic heterocycles. The Morgan fingerprint density at radius 3 is 2.32 bits per heavy atom. The van der Waals surface area contributed by atoms with Crippen molar-refractivity contribution in [1.29, 1.82) is 0 Å². The second-order valence-corrected chi connectivity index (χ2v) is 9.88. The normalized spacial score (nSPS) is 11.3. The van der Waals surface area contributed by atoms with E-state index in [9.17, 15) is 5.11 Å². The Labute approximate surface area is 222 Å². The van der Waals surface area contributed by atoms with Crippen LogP contribution in [0.15, 0.2) is 109 Å². The number of rotatable bonds is 6. The van der Waals surface area contributed by atoms with Crippen LogP contribution in [0, 0.1) is 5.92 Å². The number of aromatic hydroxyl groups is 1. The standard InChI is InChI=1S/C33H28N4O/c1-22(2)18-23-19-24(21-25(20-23)28-13-6-7-16-34-28)27-12-8-14-29-31(27)36-33(32-30(38)15-9-17-35-32)37(29)26-10-4-3-5-11-26/h3-17,19-22,38H,18H2,1-2H3. The van der Waals surface area contributed by atoms with Gasteiger partial charge in [0.2, 0.25) is 0 Å². The van der Waals surface area contributed by atoms with E-state index in [1.165, 1.54) is 5.56 Å². The quantitative estimate of drug-likeness (QED) is 0.256. The van der Waals surface area contributed by atoms with Crippen LogP contribution in [0.3, 0.4) is 0 Å². The summed E-state index contributed by atoms with van der Waals surface area (Å²) >= 11 is 0. The molecule has 38 heavy (non-hydrogen) atoms. The smallest absolute Gasteiger partial charge is 0.168 e. The minimum absolute atomic E-state index is 0.0953. The van der Waals surface area contributed by atoms with Crippen molar-refractivity contribution in [2.24, 2.45) is 5.92 Å². The lowest BCUT2D eigenvalue weighted by molar-refractivity contribution is 0.474. The van der Waals surface area contributed by atoms with Crippen molar-refractivity contribution < 1.29 is 5.11 Å². The van der Waals surface area contributed by atoms with Crippen molar-refractivity contribution in [2.45, 2.75) is 20.3 Å². The van der Waals surface area contributed by atoms with Crippen molar-refractivity contribution in [1.82, 2.24) is 19.5 Å². The molecule has 3 aromatic heterocycles. The third-order valence-corrected chi connectivity index (χ3v) is 6.61. The van der Waals surface area contributed by atoms with Crippen molar-refractivity contribution in [3.63, 3.8) is 0 Å². The predicted molar refractivity (Wildman–Crippen MR) is 153 cm³/mol. The van der Waals surface area contributed by atoms with Crippen LogP contribution >= 0.6 is 0 Å². The van der Waals surface area contributed by atoms with Crippen molar-refractivity contribution in [3.05, 3.63) is 115 Å². The van der Waals surface area contributed by atoms with Gasteiger partial charge in [0.15, 0.2) is 5.82 Å². The largest absolute Gasteiger partial charge is 0.506 e. The molecule has 5 nitrogen and oxygen atoms in total. The van der Waals surface area contributed by atoms with E-state index in [0.717, 1.165) is 45.5 Å². The molecule has 0 atom stereocenters. The van der Waals surface area contributed by atoms with Gasteiger partial charge in [0.1, 0.15) is 11.4 Å². The number of pyridine rings is 2. The van der Waals surface area contributed by atoms with Crippen LogP contribution in [0.25, 0.3) is 50.6 Å². The Kier molecular flexibility index (Phi) is 6.18. The van der Waals surface area contributed by atoms with E-state index in [0.29, 0.717) is 17.4 Å². The Balaban J connectivity index is 1.63. The Morgan fingerprint density at radius 1 is 0.763 bits per heavy atom. The summed E-state index contributed by atoms with van der Waals surface area (Å²) in [7, 11) is 0. The fourth-order valence-electron chi connectivity index (χ4n) is 5.02. The molecule has 6 rings (SSSR count). The van der Waals surface area contributed by atoms with Crippen LogP contribution in [0.5, 0.6) is 5.75 Å². The molecule has 0 bridgehead atoms. The van der Waals surface area contributed by atoms with Crippen LogP contribution in [-0.2, 0) is 6.42 Å². The van der Waals surface area contributed by atoms with Crippen LogP contribution in [0.4, 0.5) is 0 Å². The lowest BCUT2D eigenvalue weighted by Crippen LogP contribution is -1.98. The van der Waals surface area contributed by atoms with Crippen LogP contribution < -0.4 is 0 Å². The van der Waals surface area contributed by atoms with Gasteiger partial charge in [0.05, 0.1) is 16.7 Å². The summed E-state index contributed by atoms with van der Waals surface area (Å²) in [6, 6.07) is 32.4. The Hall–Kier alpha value is -4.77. The average molecular weight is 497 g/mol. The number of nitrogens with zero attached hydrogens (tertiary/aromatic N) is 4. The minimum Gasteiger partial charge on any atom is -0.506 e. The molecule has 0 spiro atoms. The van der Waals surface area contributed by atoms with Crippen LogP contribution in [-0.4, -0.2) is 24.6 Å². The van der Waals surface area contributed by atoms with Crippen LogP contribution in [0.1, 0.15) is 19.4 Å². The van der Waals surface area contributed by atoms with Gasteiger partial charge in [-0.15, -0.1) is 0 Å². The van der Waals surface area contributed by atoms with E-state index < -0.39 is 0 Å². The highest BCUT2D eigenvalue weighted by Crippen LogP contribution is 2.37. The highest BCUT2D eigenvalue weighted by molar-refractivity contribution is 5.96. The van der Waals surface area contributed by atoms with Gasteiger partial charge < -0.3 is 5.11 Å². The molecule has 1 N–H and O–H groups in total. The first-order valence-corrected chi connectivity index (χ1v) is 12.9. The van der Waals surface area contributed by atoms with Crippen molar-refractivity contribution in [3.8, 4) is 45.3 Å². The zero-order valence-electron chi connectivity index (χ0n) is 21.4. The molecule has 5 heteroatoms. The third-order valence-electron chi connectivity index (χ3n) is 6.61. The van der Waals surface area contributed by atoms with Crippen molar-refractivity contribution in [2.75, 3.05) is 0 Å². The summed E-state index contributed by atoms with van der Waals surface area (Å²) in [5.74, 6) is 1.21. The molecule has 0 saturated carbocycles. The number of hydrogen-bond donors (Lipinski definition) is 1. The molecule has 3 heterocycles. The Bertz CT molecular complexity index is 1720. The van der Waals surface area contributed by atoms with E-state index in [-0.39, 0.29) is 5.75 Å². The van der Waals surface area contributed by atoms with Gasteiger partial charge in [-0.2, -0.15) is 0 Å². The molecular weight excluding hydrogens is 468 g/mol. The molecule has 186 valence electrons. The number of benzene rings is 3. The fourth-order valence-corrected chi connectivity index (χ4v) is 5.02. The lowest BCUT2D eigenvalue weighted by Gasteiger charge is -2.13. The molecule has 6 aromatic rings. The van der Waals surface area contributed by atoms with Gasteiger partial charge in [-0.1, -0.05) is 56.3 Å². The highest BCUT2D eigenvalue weighted by atomic mass is 16.3. The first-order valence-electron chi connectivity index (χ1n) is 12.9. The summed E-state index contributed by atoms with van der Waals surface area (Å²) in [6.07, 6.45) is 4.48. The zero-order chi connectivity index (χ0) is 26.1. The number of para-hydroxylation sites is 2. The van der Waals surface area contributed by atoms with Gasteiger partial charge in [0.25, 0.3) is 0 Å². The first-order chi connectivity index (χ1) is 18.6. The topological polar surface area (TPSA) is 63.8 Å². The van der Waals surface area contributed by atoms with E-state index in [2.05, 4.69) is 64.8 Å². The minimum atomic E-state index is 0.0953. The number of imidazole rings is 1. The molecule has 0 unspecified atom stereocenters. The van der Waals surface area contributed by atoms with Gasteiger partial charge in [0, 0.05) is 29.2 Å². The maximum atomic E-state index is 10.7. The Morgan fingerprint density at radius 2 is 1.55 bits per heavy atom. The maximum Gasteiger partial charge on any atom is 0.168 e. The average Bonchev–Trinajstić information content (AvgIpc) is 3.33. The zero-order valence-corrected chi connectivity index (χ0v) is 21.4. The van der Waals surface area contributed by atoms with Gasteiger partial charge in [-0.25, -0.2) is 9.97 Å². The molecule has 0 fully saturated rings. The summed E-state index contributed by atoms with van der Waals surface area (Å²) in [5, 5.41) is 10.7. The van der Waals surface area contributed by atoms with Gasteiger partial charge in [-0.3, -0.25) is 9.55 Å². The van der Waals surface area contributed by atoms with E-state index in [1.54, 1.807) is 18.3 Å². The van der Waals surface area contributed by atoms with E-state index in [1.807, 2.05) is 54.7 Å². The van der Waals surface area contributed by atoms with Crippen LogP contribution in [0.2, 0.25) is 0 Å². The molecule has 0 radical (unpaired) electrons. The predicted octanol–water partition coefficient (Wildman–Crippen LogP) is 7.72. The summed E-state index contributed by atoms with van der Waals surface area (Å²) in [5.41, 5.74) is 8.60. The van der Waals surface area contributed by atoms with Gasteiger partial charge in [-0.05, 0) is 78.1 Å². The van der Waals surface area contributed by atoms with Gasteiger partial charge >= 0.3 is 0 Å². The SMILES string of the molecule is CC(C)Cc1cc(-c2ccccn2)cc(-c2cccc3c2nc(-c2ncccc2O)n3-c2ccccc2)c1. The summed E-state index contributed by atoms with van der Waals surface area (Å²) in [6.45, 7) is 4.47. The monoisotopic (exact) mass is 496 g/mol. The number of aromatic nitrogens is 4. The first kappa shape index (κ1) is 23.6. The fraction of sp³-hybridized carbons (Fsp3) is 0.121. The number of fused-ring (bicyclic) bond motifs is 1. The molecule has 0 aliphatic carbocycles. The molecular formula is C33H28N4O.